The number of carbonyl (C=O) groups excluding carboxylic acids is 1. The highest BCUT2D eigenvalue weighted by molar-refractivity contribution is 6.32. The topological polar surface area (TPSA) is 91.6 Å². The summed E-state index contributed by atoms with van der Waals surface area (Å²) in [6.07, 6.45) is 0.967. The molecule has 7 nitrogen and oxygen atoms in total. The van der Waals surface area contributed by atoms with E-state index < -0.39 is 10.9 Å². The van der Waals surface area contributed by atoms with Gasteiger partial charge in [-0.15, -0.1) is 0 Å². The molecule has 8 heteroatoms. The second kappa shape index (κ2) is 6.12. The summed E-state index contributed by atoms with van der Waals surface area (Å²) < 4.78 is 9.46. The molecule has 0 atom stereocenters. The van der Waals surface area contributed by atoms with Gasteiger partial charge in [-0.2, -0.15) is 0 Å². The number of rotatable bonds is 5. The number of nitro groups is 1. The summed E-state index contributed by atoms with van der Waals surface area (Å²) in [7, 11) is 1.45. The summed E-state index contributed by atoms with van der Waals surface area (Å²) in [5, 5.41) is 10.4. The zero-order chi connectivity index (χ0) is 12.8. The molecule has 0 bridgehead atoms. The molecule has 0 aromatic carbocycles. The molecule has 1 heterocycles. The minimum atomic E-state index is -0.775. The van der Waals surface area contributed by atoms with Crippen LogP contribution in [0.3, 0.4) is 0 Å². The SMILES string of the molecule is COCCOC(=O)c1cc([N+](=O)[O-])cnc1Cl. The lowest BCUT2D eigenvalue weighted by Gasteiger charge is -2.04. The highest BCUT2D eigenvalue weighted by atomic mass is 35.5. The van der Waals surface area contributed by atoms with Crippen LogP contribution >= 0.6 is 11.6 Å². The Labute approximate surface area is 101 Å². The first-order chi connectivity index (χ1) is 8.06. The van der Waals surface area contributed by atoms with Gasteiger partial charge in [-0.1, -0.05) is 11.6 Å². The molecular weight excluding hydrogens is 252 g/mol. The van der Waals surface area contributed by atoms with Gasteiger partial charge in [0.05, 0.1) is 11.5 Å². The number of esters is 1. The third-order valence-electron chi connectivity index (χ3n) is 1.78. The Bertz CT molecular complexity index is 437. The van der Waals surface area contributed by atoms with E-state index in [1.54, 1.807) is 0 Å². The molecule has 1 rings (SSSR count). The highest BCUT2D eigenvalue weighted by Crippen LogP contribution is 2.19. The van der Waals surface area contributed by atoms with Crippen LogP contribution in [0.25, 0.3) is 0 Å². The monoisotopic (exact) mass is 260 g/mol. The number of carbonyl (C=O) groups is 1. The largest absolute Gasteiger partial charge is 0.460 e. The lowest BCUT2D eigenvalue weighted by Crippen LogP contribution is -2.11. The number of hydrogen-bond acceptors (Lipinski definition) is 6. The van der Waals surface area contributed by atoms with Crippen LogP contribution in [0.2, 0.25) is 5.15 Å². The third-order valence-corrected chi connectivity index (χ3v) is 2.08. The summed E-state index contributed by atoms with van der Waals surface area (Å²) in [4.78, 5) is 24.9. The third kappa shape index (κ3) is 3.65. The van der Waals surface area contributed by atoms with Crippen LogP contribution in [0.5, 0.6) is 0 Å². The highest BCUT2D eigenvalue weighted by Gasteiger charge is 2.18. The molecule has 0 amide bonds. The first-order valence-corrected chi connectivity index (χ1v) is 4.90. The number of ether oxygens (including phenoxy) is 2. The van der Waals surface area contributed by atoms with E-state index in [0.29, 0.717) is 0 Å². The number of aromatic nitrogens is 1. The van der Waals surface area contributed by atoms with Crippen LogP contribution in [0, 0.1) is 10.1 Å². The number of halogens is 1. The minimum Gasteiger partial charge on any atom is -0.460 e. The van der Waals surface area contributed by atoms with Crippen molar-refractivity contribution >= 4 is 23.3 Å². The normalized spacial score (nSPS) is 10.0. The van der Waals surface area contributed by atoms with Gasteiger partial charge in [-0.25, -0.2) is 9.78 Å². The van der Waals surface area contributed by atoms with Crippen molar-refractivity contribution in [2.24, 2.45) is 0 Å². The zero-order valence-electron chi connectivity index (χ0n) is 8.88. The molecule has 0 fully saturated rings. The van der Waals surface area contributed by atoms with Crippen LogP contribution in [0.4, 0.5) is 5.69 Å². The number of methoxy groups -OCH3 is 1. The molecule has 1 aromatic rings. The fourth-order valence-corrected chi connectivity index (χ4v) is 1.16. The van der Waals surface area contributed by atoms with Gasteiger partial charge in [0.25, 0.3) is 5.69 Å². The van der Waals surface area contributed by atoms with Crippen molar-refractivity contribution in [2.45, 2.75) is 0 Å². The number of pyridine rings is 1. The van der Waals surface area contributed by atoms with Gasteiger partial charge in [-0.05, 0) is 0 Å². The van der Waals surface area contributed by atoms with Crippen molar-refractivity contribution in [2.75, 3.05) is 20.3 Å². The van der Waals surface area contributed by atoms with E-state index >= 15 is 0 Å². The predicted octanol–water partition coefficient (Wildman–Crippen LogP) is 1.45. The molecule has 0 radical (unpaired) electrons. The quantitative estimate of drug-likeness (QED) is 0.262. The Morgan fingerprint density at radius 3 is 2.88 bits per heavy atom. The van der Waals surface area contributed by atoms with Crippen molar-refractivity contribution in [3.05, 3.63) is 33.1 Å². The molecule has 92 valence electrons. The van der Waals surface area contributed by atoms with Crippen LogP contribution in [-0.4, -0.2) is 36.2 Å². The average Bonchev–Trinajstić information content (AvgIpc) is 2.29. The van der Waals surface area contributed by atoms with Crippen molar-refractivity contribution in [3.63, 3.8) is 0 Å². The lowest BCUT2D eigenvalue weighted by atomic mass is 10.2. The van der Waals surface area contributed by atoms with Gasteiger partial charge >= 0.3 is 5.97 Å². The van der Waals surface area contributed by atoms with Gasteiger partial charge < -0.3 is 9.47 Å². The second-order valence-corrected chi connectivity index (χ2v) is 3.28. The van der Waals surface area contributed by atoms with Gasteiger partial charge in [0.1, 0.15) is 23.5 Å². The number of hydrogen-bond donors (Lipinski definition) is 0. The Hall–Kier alpha value is -1.73. The molecule has 0 aliphatic rings. The molecule has 0 unspecified atom stereocenters. The van der Waals surface area contributed by atoms with E-state index in [9.17, 15) is 14.9 Å². The summed E-state index contributed by atoms with van der Waals surface area (Å²) in [6, 6.07) is 1.02. The Balaban J connectivity index is 2.84. The summed E-state index contributed by atoms with van der Waals surface area (Å²) >= 11 is 5.64. The molecule has 1 aromatic heterocycles. The van der Waals surface area contributed by atoms with Gasteiger partial charge in [0.2, 0.25) is 0 Å². The Morgan fingerprint density at radius 2 is 2.29 bits per heavy atom. The maximum atomic E-state index is 11.5. The molecule has 0 saturated carbocycles. The Morgan fingerprint density at radius 1 is 1.59 bits per heavy atom. The van der Waals surface area contributed by atoms with E-state index in [-0.39, 0.29) is 29.6 Å². The minimum absolute atomic E-state index is 0.0361. The number of nitrogens with zero attached hydrogens (tertiary/aromatic N) is 2. The lowest BCUT2D eigenvalue weighted by molar-refractivity contribution is -0.385. The maximum absolute atomic E-state index is 11.5. The van der Waals surface area contributed by atoms with E-state index in [0.717, 1.165) is 12.3 Å². The molecule has 0 aliphatic carbocycles. The maximum Gasteiger partial charge on any atom is 0.341 e. The van der Waals surface area contributed by atoms with E-state index in [2.05, 4.69) is 9.72 Å². The standard InChI is InChI=1S/C9H9ClN2O5/c1-16-2-3-17-9(13)7-4-6(12(14)15)5-11-8(7)10/h4-5H,2-3H2,1H3. The molecule has 0 spiro atoms. The van der Waals surface area contributed by atoms with E-state index in [1.165, 1.54) is 7.11 Å². The van der Waals surface area contributed by atoms with Gasteiger partial charge in [0, 0.05) is 13.2 Å². The average molecular weight is 261 g/mol. The van der Waals surface area contributed by atoms with Gasteiger partial charge in [-0.3, -0.25) is 10.1 Å². The van der Waals surface area contributed by atoms with Crippen LogP contribution in [0.1, 0.15) is 10.4 Å². The zero-order valence-corrected chi connectivity index (χ0v) is 9.64. The smallest absolute Gasteiger partial charge is 0.341 e. The van der Waals surface area contributed by atoms with Crippen LogP contribution in [0.15, 0.2) is 12.3 Å². The van der Waals surface area contributed by atoms with Crippen molar-refractivity contribution in [3.8, 4) is 0 Å². The van der Waals surface area contributed by atoms with Crippen LogP contribution < -0.4 is 0 Å². The van der Waals surface area contributed by atoms with E-state index in [1.807, 2.05) is 0 Å². The van der Waals surface area contributed by atoms with Crippen molar-refractivity contribution in [1.29, 1.82) is 0 Å². The van der Waals surface area contributed by atoms with Crippen molar-refractivity contribution in [1.82, 2.24) is 4.98 Å². The molecule has 0 N–H and O–H groups in total. The van der Waals surface area contributed by atoms with Gasteiger partial charge in [0.15, 0.2) is 0 Å². The summed E-state index contributed by atoms with van der Waals surface area (Å²) in [5.74, 6) is -0.775. The summed E-state index contributed by atoms with van der Waals surface area (Å²) in [5.41, 5.74) is -0.468. The Kier molecular flexibility index (Phi) is 4.80. The first kappa shape index (κ1) is 13.3. The molecule has 17 heavy (non-hydrogen) atoms. The molecule has 0 saturated heterocycles. The fourth-order valence-electron chi connectivity index (χ4n) is 0.975. The first-order valence-electron chi connectivity index (χ1n) is 4.52. The summed E-state index contributed by atoms with van der Waals surface area (Å²) in [6.45, 7) is 0.264. The second-order valence-electron chi connectivity index (χ2n) is 2.92. The molecular formula is C9H9ClN2O5. The predicted molar refractivity (Wildman–Crippen MR) is 58.1 cm³/mol. The van der Waals surface area contributed by atoms with Crippen molar-refractivity contribution < 1.29 is 19.2 Å². The molecule has 0 aliphatic heterocycles. The van der Waals surface area contributed by atoms with E-state index in [4.69, 9.17) is 16.3 Å². The fraction of sp³-hybridized carbons (Fsp3) is 0.333. The van der Waals surface area contributed by atoms with Crippen LogP contribution in [-0.2, 0) is 9.47 Å².